The summed E-state index contributed by atoms with van der Waals surface area (Å²) in [6.45, 7) is 4.89. The quantitative estimate of drug-likeness (QED) is 0.769. The Morgan fingerprint density at radius 1 is 1.53 bits per heavy atom. The van der Waals surface area contributed by atoms with Crippen LogP contribution in [0.15, 0.2) is 18.5 Å². The van der Waals surface area contributed by atoms with E-state index in [-0.39, 0.29) is 6.04 Å². The molecule has 0 aromatic carbocycles. The first-order chi connectivity index (χ1) is 8.16. The van der Waals surface area contributed by atoms with Crippen molar-refractivity contribution in [2.24, 2.45) is 5.73 Å². The molecule has 5 heteroatoms. The first-order valence-corrected chi connectivity index (χ1v) is 5.97. The van der Waals surface area contributed by atoms with E-state index in [2.05, 4.69) is 15.4 Å². The summed E-state index contributed by atoms with van der Waals surface area (Å²) in [5.41, 5.74) is 7.72. The van der Waals surface area contributed by atoms with Gasteiger partial charge in [-0.3, -0.25) is 0 Å². The minimum atomic E-state index is 0.262. The molecule has 1 atom stereocenters. The number of anilines is 1. The molecule has 0 aliphatic rings. The molecule has 2 rings (SSSR count). The highest BCUT2D eigenvalue weighted by Gasteiger charge is 2.04. The van der Waals surface area contributed by atoms with Crippen LogP contribution in [-0.2, 0) is 0 Å². The first kappa shape index (κ1) is 11.9. The van der Waals surface area contributed by atoms with Crippen LogP contribution in [0.4, 0.5) is 5.82 Å². The van der Waals surface area contributed by atoms with Gasteiger partial charge in [-0.2, -0.15) is 5.10 Å². The number of hydrogen-bond acceptors (Lipinski definition) is 4. The fraction of sp³-hybridized carbons (Fsp3) is 0.500. The molecule has 0 saturated carbocycles. The molecule has 0 bridgehead atoms. The summed E-state index contributed by atoms with van der Waals surface area (Å²) in [4.78, 5) is 4.33. The van der Waals surface area contributed by atoms with Crippen LogP contribution in [0.5, 0.6) is 0 Å². The van der Waals surface area contributed by atoms with Crippen molar-refractivity contribution in [3.8, 4) is 0 Å². The van der Waals surface area contributed by atoms with E-state index in [1.165, 1.54) is 0 Å². The van der Waals surface area contributed by atoms with Gasteiger partial charge in [0.05, 0.1) is 5.69 Å². The van der Waals surface area contributed by atoms with E-state index in [1.807, 2.05) is 30.6 Å². The third-order valence-electron chi connectivity index (χ3n) is 2.64. The van der Waals surface area contributed by atoms with Crippen molar-refractivity contribution < 1.29 is 0 Å². The molecule has 2 heterocycles. The zero-order valence-corrected chi connectivity index (χ0v) is 10.3. The van der Waals surface area contributed by atoms with Crippen LogP contribution in [-0.4, -0.2) is 27.2 Å². The zero-order chi connectivity index (χ0) is 12.3. The van der Waals surface area contributed by atoms with Gasteiger partial charge in [-0.1, -0.05) is 0 Å². The number of rotatable bonds is 5. The Morgan fingerprint density at radius 2 is 2.35 bits per heavy atom. The van der Waals surface area contributed by atoms with Crippen molar-refractivity contribution in [2.45, 2.75) is 32.7 Å². The molecular formula is C12H19N5. The van der Waals surface area contributed by atoms with Crippen molar-refractivity contribution in [3.05, 3.63) is 24.2 Å². The van der Waals surface area contributed by atoms with Crippen molar-refractivity contribution >= 4 is 11.3 Å². The number of nitrogens with one attached hydrogen (secondary N) is 1. The van der Waals surface area contributed by atoms with Gasteiger partial charge in [0.25, 0.3) is 0 Å². The summed E-state index contributed by atoms with van der Waals surface area (Å²) < 4.78 is 1.84. The lowest BCUT2D eigenvalue weighted by Crippen LogP contribution is -2.16. The van der Waals surface area contributed by atoms with E-state index in [1.54, 1.807) is 6.20 Å². The Kier molecular flexibility index (Phi) is 3.58. The number of hydrogen-bond donors (Lipinski definition) is 2. The normalized spacial score (nSPS) is 12.9. The van der Waals surface area contributed by atoms with E-state index in [0.717, 1.165) is 36.4 Å². The predicted octanol–water partition coefficient (Wildman–Crippen LogP) is 1.58. The zero-order valence-electron chi connectivity index (χ0n) is 10.3. The average molecular weight is 233 g/mol. The van der Waals surface area contributed by atoms with Gasteiger partial charge in [-0.15, -0.1) is 0 Å². The highest BCUT2D eigenvalue weighted by molar-refractivity contribution is 5.67. The van der Waals surface area contributed by atoms with E-state index in [9.17, 15) is 0 Å². The Bertz CT molecular complexity index is 489. The molecule has 2 aromatic heterocycles. The SMILES string of the molecule is Cc1cc2c(NCCCC(C)N)nccn2n1. The van der Waals surface area contributed by atoms with E-state index < -0.39 is 0 Å². The fourth-order valence-electron chi connectivity index (χ4n) is 1.81. The van der Waals surface area contributed by atoms with Crippen LogP contribution in [0.2, 0.25) is 0 Å². The molecule has 0 spiro atoms. The molecule has 2 aromatic rings. The Morgan fingerprint density at radius 3 is 3.12 bits per heavy atom. The maximum Gasteiger partial charge on any atom is 0.152 e. The number of aryl methyl sites for hydroxylation is 1. The van der Waals surface area contributed by atoms with Gasteiger partial charge in [0.15, 0.2) is 5.82 Å². The van der Waals surface area contributed by atoms with E-state index >= 15 is 0 Å². The van der Waals surface area contributed by atoms with Crippen molar-refractivity contribution in [3.63, 3.8) is 0 Å². The maximum absolute atomic E-state index is 5.71. The van der Waals surface area contributed by atoms with Crippen LogP contribution in [0, 0.1) is 6.92 Å². The van der Waals surface area contributed by atoms with Crippen LogP contribution in [0.3, 0.4) is 0 Å². The summed E-state index contributed by atoms with van der Waals surface area (Å²) in [7, 11) is 0. The molecule has 17 heavy (non-hydrogen) atoms. The van der Waals surface area contributed by atoms with Gasteiger partial charge < -0.3 is 11.1 Å². The molecule has 0 saturated heterocycles. The van der Waals surface area contributed by atoms with Crippen LogP contribution in [0.25, 0.3) is 5.52 Å². The molecule has 3 N–H and O–H groups in total. The van der Waals surface area contributed by atoms with Gasteiger partial charge in [0.1, 0.15) is 5.52 Å². The van der Waals surface area contributed by atoms with Crippen LogP contribution >= 0.6 is 0 Å². The highest BCUT2D eigenvalue weighted by atomic mass is 15.2. The first-order valence-electron chi connectivity index (χ1n) is 5.97. The minimum Gasteiger partial charge on any atom is -0.368 e. The summed E-state index contributed by atoms with van der Waals surface area (Å²) in [5, 5.41) is 7.68. The minimum absolute atomic E-state index is 0.262. The lowest BCUT2D eigenvalue weighted by Gasteiger charge is -2.08. The topological polar surface area (TPSA) is 68.2 Å². The van der Waals surface area contributed by atoms with Crippen molar-refractivity contribution in [1.82, 2.24) is 14.6 Å². The fourth-order valence-corrected chi connectivity index (χ4v) is 1.81. The number of nitrogens with zero attached hydrogens (tertiary/aromatic N) is 3. The third-order valence-corrected chi connectivity index (χ3v) is 2.64. The molecule has 1 unspecified atom stereocenters. The lowest BCUT2D eigenvalue weighted by atomic mass is 10.2. The van der Waals surface area contributed by atoms with Crippen LogP contribution in [0.1, 0.15) is 25.5 Å². The summed E-state index contributed by atoms with van der Waals surface area (Å²) in [6.07, 6.45) is 5.69. The second kappa shape index (κ2) is 5.14. The molecule has 0 amide bonds. The van der Waals surface area contributed by atoms with Gasteiger partial charge in [-0.25, -0.2) is 9.50 Å². The van der Waals surface area contributed by atoms with Gasteiger partial charge in [0.2, 0.25) is 0 Å². The van der Waals surface area contributed by atoms with Gasteiger partial charge >= 0.3 is 0 Å². The third kappa shape index (κ3) is 2.94. The Balaban J connectivity index is 2.03. The number of fused-ring (bicyclic) bond motifs is 1. The Hall–Kier alpha value is -1.62. The maximum atomic E-state index is 5.71. The molecule has 0 fully saturated rings. The van der Waals surface area contributed by atoms with Crippen molar-refractivity contribution in [2.75, 3.05) is 11.9 Å². The summed E-state index contributed by atoms with van der Waals surface area (Å²) in [5.74, 6) is 0.887. The van der Waals surface area contributed by atoms with E-state index in [0.29, 0.717) is 0 Å². The monoisotopic (exact) mass is 233 g/mol. The van der Waals surface area contributed by atoms with E-state index in [4.69, 9.17) is 5.73 Å². The van der Waals surface area contributed by atoms with Gasteiger partial charge in [-0.05, 0) is 32.8 Å². The summed E-state index contributed by atoms with van der Waals surface area (Å²) >= 11 is 0. The van der Waals surface area contributed by atoms with Gasteiger partial charge in [0, 0.05) is 25.0 Å². The number of aromatic nitrogens is 3. The second-order valence-corrected chi connectivity index (χ2v) is 4.44. The molecular weight excluding hydrogens is 214 g/mol. The smallest absolute Gasteiger partial charge is 0.152 e. The number of nitrogens with two attached hydrogens (primary N) is 1. The molecule has 0 radical (unpaired) electrons. The highest BCUT2D eigenvalue weighted by Crippen LogP contribution is 2.14. The molecule has 92 valence electrons. The lowest BCUT2D eigenvalue weighted by molar-refractivity contribution is 0.639. The summed E-state index contributed by atoms with van der Waals surface area (Å²) in [6, 6.07) is 2.29. The largest absolute Gasteiger partial charge is 0.368 e. The molecule has 5 nitrogen and oxygen atoms in total. The standard InChI is InChI=1S/C12H19N5/c1-9(13)4-3-5-14-12-11-8-10(2)16-17(11)7-6-15-12/h6-9H,3-5,13H2,1-2H3,(H,14,15). The molecule has 0 aliphatic carbocycles. The predicted molar refractivity (Wildman–Crippen MR) is 69.1 cm³/mol. The Labute approximate surface area is 101 Å². The second-order valence-electron chi connectivity index (χ2n) is 4.44. The molecule has 0 aliphatic heterocycles. The van der Waals surface area contributed by atoms with Crippen LogP contribution < -0.4 is 11.1 Å². The average Bonchev–Trinajstić information content (AvgIpc) is 2.65. The van der Waals surface area contributed by atoms with Crippen molar-refractivity contribution in [1.29, 1.82) is 0 Å².